The Kier molecular flexibility index (Phi) is 5.29. The smallest absolute Gasteiger partial charge is 0.277 e. The van der Waals surface area contributed by atoms with Crippen LogP contribution in [0.2, 0.25) is 5.02 Å². The summed E-state index contributed by atoms with van der Waals surface area (Å²) in [6.45, 7) is -0.210. The molecule has 0 aliphatic carbocycles. The summed E-state index contributed by atoms with van der Waals surface area (Å²) in [6, 6.07) is 12.4. The molecule has 0 aromatic heterocycles. The van der Waals surface area contributed by atoms with Gasteiger partial charge in [0.15, 0.2) is 6.61 Å². The fourth-order valence-corrected chi connectivity index (χ4v) is 1.68. The predicted molar refractivity (Wildman–Crippen MR) is 79.1 cm³/mol. The molecule has 0 aliphatic rings. The van der Waals surface area contributed by atoms with Gasteiger partial charge in [-0.2, -0.15) is 5.10 Å². The van der Waals surface area contributed by atoms with E-state index in [1.54, 1.807) is 24.3 Å². The topological polar surface area (TPSA) is 50.7 Å². The van der Waals surface area contributed by atoms with E-state index in [-0.39, 0.29) is 12.4 Å². The first-order valence-corrected chi connectivity index (χ1v) is 6.47. The maximum Gasteiger partial charge on any atom is 0.277 e. The van der Waals surface area contributed by atoms with Gasteiger partial charge in [-0.25, -0.2) is 9.82 Å². The zero-order valence-electron chi connectivity index (χ0n) is 10.9. The Morgan fingerprint density at radius 1 is 1.29 bits per heavy atom. The van der Waals surface area contributed by atoms with E-state index in [4.69, 9.17) is 16.3 Å². The van der Waals surface area contributed by atoms with Crippen molar-refractivity contribution in [1.82, 2.24) is 5.43 Å². The summed E-state index contributed by atoms with van der Waals surface area (Å²) >= 11 is 5.82. The Morgan fingerprint density at radius 3 is 2.76 bits per heavy atom. The lowest BCUT2D eigenvalue weighted by atomic mass is 10.2. The normalized spacial score (nSPS) is 10.6. The van der Waals surface area contributed by atoms with Gasteiger partial charge in [0.05, 0.1) is 6.21 Å². The molecule has 0 radical (unpaired) electrons. The van der Waals surface area contributed by atoms with Crippen molar-refractivity contribution in [2.75, 3.05) is 6.61 Å². The Balaban J connectivity index is 1.78. The van der Waals surface area contributed by atoms with E-state index in [0.717, 1.165) is 5.56 Å². The summed E-state index contributed by atoms with van der Waals surface area (Å²) in [5, 5.41) is 4.37. The average Bonchev–Trinajstić information content (AvgIpc) is 2.47. The maximum absolute atomic E-state index is 12.7. The molecule has 0 unspecified atom stereocenters. The van der Waals surface area contributed by atoms with Crippen LogP contribution in [-0.4, -0.2) is 18.7 Å². The minimum atomic E-state index is -0.419. The molecule has 2 aromatic carbocycles. The summed E-state index contributed by atoms with van der Waals surface area (Å²) in [4.78, 5) is 11.5. The molecular formula is C15H12ClFN2O2. The summed E-state index contributed by atoms with van der Waals surface area (Å²) in [5.41, 5.74) is 3.09. The first kappa shape index (κ1) is 15.0. The molecule has 1 amide bonds. The molecule has 0 saturated carbocycles. The van der Waals surface area contributed by atoms with Crippen molar-refractivity contribution < 1.29 is 13.9 Å². The highest BCUT2D eigenvalue weighted by Gasteiger charge is 2.01. The SMILES string of the molecule is O=C(COc1ccc(F)cc1)N/N=C/c1cccc(Cl)c1. The van der Waals surface area contributed by atoms with Crippen LogP contribution in [0, 0.1) is 5.82 Å². The van der Waals surface area contributed by atoms with Crippen LogP contribution in [0.3, 0.4) is 0 Å². The van der Waals surface area contributed by atoms with Crippen molar-refractivity contribution in [3.05, 3.63) is 64.9 Å². The highest BCUT2D eigenvalue weighted by molar-refractivity contribution is 6.30. The van der Waals surface area contributed by atoms with Gasteiger partial charge in [0, 0.05) is 5.02 Å². The third kappa shape index (κ3) is 5.24. The average molecular weight is 307 g/mol. The molecule has 0 spiro atoms. The Hall–Kier alpha value is -2.40. The molecule has 2 rings (SSSR count). The zero-order chi connectivity index (χ0) is 15.1. The van der Waals surface area contributed by atoms with Gasteiger partial charge in [-0.3, -0.25) is 4.79 Å². The quantitative estimate of drug-likeness (QED) is 0.682. The standard InChI is InChI=1S/C15H12ClFN2O2/c16-12-3-1-2-11(8-12)9-18-19-15(20)10-21-14-6-4-13(17)5-7-14/h1-9H,10H2,(H,19,20)/b18-9+. The number of carbonyl (C=O) groups is 1. The number of amides is 1. The van der Waals surface area contributed by atoms with E-state index >= 15 is 0 Å². The van der Waals surface area contributed by atoms with Crippen molar-refractivity contribution in [2.24, 2.45) is 5.10 Å². The van der Waals surface area contributed by atoms with Gasteiger partial charge in [-0.1, -0.05) is 23.7 Å². The summed E-state index contributed by atoms with van der Waals surface area (Å²) in [6.07, 6.45) is 1.47. The summed E-state index contributed by atoms with van der Waals surface area (Å²) < 4.78 is 17.8. The number of nitrogens with zero attached hydrogens (tertiary/aromatic N) is 1. The molecule has 0 atom stereocenters. The van der Waals surface area contributed by atoms with Gasteiger partial charge >= 0.3 is 0 Å². The minimum Gasteiger partial charge on any atom is -0.484 e. The number of hydrazone groups is 1. The van der Waals surface area contributed by atoms with Gasteiger partial charge in [0.2, 0.25) is 0 Å². The van der Waals surface area contributed by atoms with E-state index in [1.165, 1.54) is 30.5 Å². The molecule has 0 saturated heterocycles. The van der Waals surface area contributed by atoms with E-state index < -0.39 is 5.91 Å². The van der Waals surface area contributed by atoms with Crippen LogP contribution in [-0.2, 0) is 4.79 Å². The Labute approximate surface area is 126 Å². The molecule has 6 heteroatoms. The van der Waals surface area contributed by atoms with Crippen LogP contribution in [0.15, 0.2) is 53.6 Å². The van der Waals surface area contributed by atoms with Crippen molar-refractivity contribution >= 4 is 23.7 Å². The van der Waals surface area contributed by atoms with Crippen LogP contribution in [0.4, 0.5) is 4.39 Å². The van der Waals surface area contributed by atoms with Gasteiger partial charge in [0.25, 0.3) is 5.91 Å². The molecule has 108 valence electrons. The van der Waals surface area contributed by atoms with Crippen LogP contribution in [0.1, 0.15) is 5.56 Å². The van der Waals surface area contributed by atoms with Gasteiger partial charge in [0.1, 0.15) is 11.6 Å². The van der Waals surface area contributed by atoms with E-state index in [9.17, 15) is 9.18 Å². The maximum atomic E-state index is 12.7. The second-order valence-electron chi connectivity index (χ2n) is 4.09. The van der Waals surface area contributed by atoms with Crippen LogP contribution < -0.4 is 10.2 Å². The summed E-state index contributed by atoms with van der Waals surface area (Å²) in [5.74, 6) is -0.374. The summed E-state index contributed by atoms with van der Waals surface area (Å²) in [7, 11) is 0. The zero-order valence-corrected chi connectivity index (χ0v) is 11.7. The number of hydrogen-bond donors (Lipinski definition) is 1. The molecular weight excluding hydrogens is 295 g/mol. The molecule has 2 aromatic rings. The lowest BCUT2D eigenvalue weighted by molar-refractivity contribution is -0.123. The second kappa shape index (κ2) is 7.40. The number of ether oxygens (including phenoxy) is 1. The highest BCUT2D eigenvalue weighted by atomic mass is 35.5. The molecule has 1 N–H and O–H groups in total. The Bertz CT molecular complexity index is 644. The second-order valence-corrected chi connectivity index (χ2v) is 4.53. The van der Waals surface area contributed by atoms with E-state index in [1.807, 2.05) is 0 Å². The Morgan fingerprint density at radius 2 is 2.05 bits per heavy atom. The van der Waals surface area contributed by atoms with Gasteiger partial charge in [-0.05, 0) is 42.0 Å². The van der Waals surface area contributed by atoms with Crippen molar-refractivity contribution in [1.29, 1.82) is 0 Å². The van der Waals surface area contributed by atoms with Crippen molar-refractivity contribution in [2.45, 2.75) is 0 Å². The highest BCUT2D eigenvalue weighted by Crippen LogP contribution is 2.10. The molecule has 21 heavy (non-hydrogen) atoms. The fourth-order valence-electron chi connectivity index (χ4n) is 1.48. The third-order valence-corrected chi connectivity index (χ3v) is 2.67. The third-order valence-electron chi connectivity index (χ3n) is 2.44. The predicted octanol–water partition coefficient (Wildman–Crippen LogP) is 3.01. The molecule has 0 aliphatic heterocycles. The molecule has 0 fully saturated rings. The van der Waals surface area contributed by atoms with Crippen LogP contribution in [0.5, 0.6) is 5.75 Å². The number of carbonyl (C=O) groups excluding carboxylic acids is 1. The lowest BCUT2D eigenvalue weighted by Gasteiger charge is -2.04. The number of hydrogen-bond acceptors (Lipinski definition) is 3. The number of nitrogens with one attached hydrogen (secondary N) is 1. The van der Waals surface area contributed by atoms with E-state index in [0.29, 0.717) is 10.8 Å². The van der Waals surface area contributed by atoms with Crippen molar-refractivity contribution in [3.8, 4) is 5.75 Å². The van der Waals surface area contributed by atoms with Crippen molar-refractivity contribution in [3.63, 3.8) is 0 Å². The molecule has 0 heterocycles. The largest absolute Gasteiger partial charge is 0.484 e. The fraction of sp³-hybridized carbons (Fsp3) is 0.0667. The first-order chi connectivity index (χ1) is 10.1. The minimum absolute atomic E-state index is 0.210. The van der Waals surface area contributed by atoms with Crippen LogP contribution in [0.25, 0.3) is 0 Å². The molecule has 4 nitrogen and oxygen atoms in total. The lowest BCUT2D eigenvalue weighted by Crippen LogP contribution is -2.24. The number of halogens is 2. The van der Waals surface area contributed by atoms with E-state index in [2.05, 4.69) is 10.5 Å². The number of benzene rings is 2. The number of rotatable bonds is 5. The van der Waals surface area contributed by atoms with Gasteiger partial charge in [-0.15, -0.1) is 0 Å². The van der Waals surface area contributed by atoms with Crippen LogP contribution >= 0.6 is 11.6 Å². The van der Waals surface area contributed by atoms with Gasteiger partial charge < -0.3 is 4.74 Å². The first-order valence-electron chi connectivity index (χ1n) is 6.09. The molecule has 0 bridgehead atoms. The monoisotopic (exact) mass is 306 g/mol.